The van der Waals surface area contributed by atoms with Crippen LogP contribution >= 0.6 is 0 Å². The Labute approximate surface area is 167 Å². The zero-order valence-corrected chi connectivity index (χ0v) is 17.1. The first-order valence-electron chi connectivity index (χ1n) is 10.4. The van der Waals surface area contributed by atoms with Crippen molar-refractivity contribution >= 4 is 11.8 Å². The molecule has 0 spiro atoms. The lowest BCUT2D eigenvalue weighted by Gasteiger charge is -2.21. The number of carbonyl (C=O) groups is 2. The predicted octanol–water partition coefficient (Wildman–Crippen LogP) is 3.71. The molecule has 2 amide bonds. The molecule has 2 fully saturated rings. The number of ether oxygens (including phenoxy) is 2. The fraction of sp³-hybridized carbons (Fsp3) is 0.636. The van der Waals surface area contributed by atoms with Gasteiger partial charge in [0, 0.05) is 12.0 Å². The number of hydrogen-bond donors (Lipinski definition) is 2. The second kappa shape index (κ2) is 9.30. The molecule has 28 heavy (non-hydrogen) atoms. The second-order valence-electron chi connectivity index (χ2n) is 8.54. The Bertz CT molecular complexity index is 704. The summed E-state index contributed by atoms with van der Waals surface area (Å²) < 4.78 is 11.1. The lowest BCUT2D eigenvalue weighted by Crippen LogP contribution is -2.42. The maximum absolute atomic E-state index is 12.4. The highest BCUT2D eigenvalue weighted by Gasteiger charge is 2.40. The zero-order valence-electron chi connectivity index (χ0n) is 17.1. The molecular weight excluding hydrogens is 356 g/mol. The van der Waals surface area contributed by atoms with E-state index < -0.39 is 0 Å². The molecule has 2 bridgehead atoms. The van der Waals surface area contributed by atoms with Gasteiger partial charge in [-0.3, -0.25) is 20.4 Å². The molecule has 0 aromatic heterocycles. The molecule has 3 atom stereocenters. The van der Waals surface area contributed by atoms with Crippen molar-refractivity contribution in [1.29, 1.82) is 0 Å². The molecule has 1 aromatic rings. The van der Waals surface area contributed by atoms with Crippen LogP contribution in [0.1, 0.15) is 62.7 Å². The molecule has 2 N–H and O–H groups in total. The Balaban J connectivity index is 1.48. The van der Waals surface area contributed by atoms with Gasteiger partial charge in [0.1, 0.15) is 0 Å². The summed E-state index contributed by atoms with van der Waals surface area (Å²) in [5, 5.41) is 0. The highest BCUT2D eigenvalue weighted by atomic mass is 16.5. The third-order valence-corrected chi connectivity index (χ3v) is 6.03. The molecule has 0 aliphatic heterocycles. The Hall–Kier alpha value is -2.24. The molecular formula is C22H32N2O4. The van der Waals surface area contributed by atoms with E-state index in [1.807, 2.05) is 0 Å². The average molecular weight is 389 g/mol. The molecule has 2 aliphatic rings. The van der Waals surface area contributed by atoms with Crippen LogP contribution in [0.3, 0.4) is 0 Å². The Morgan fingerprint density at radius 1 is 1.14 bits per heavy atom. The normalized spacial score (nSPS) is 22.9. The lowest BCUT2D eigenvalue weighted by atomic mass is 9.86. The van der Waals surface area contributed by atoms with Crippen molar-refractivity contribution in [3.05, 3.63) is 23.8 Å². The third kappa shape index (κ3) is 5.18. The number of hydrazine groups is 1. The summed E-state index contributed by atoms with van der Waals surface area (Å²) in [6.07, 6.45) is 6.43. The summed E-state index contributed by atoms with van der Waals surface area (Å²) in [6.45, 7) is 4.87. The van der Waals surface area contributed by atoms with Crippen molar-refractivity contribution < 1.29 is 19.1 Å². The predicted molar refractivity (Wildman–Crippen MR) is 107 cm³/mol. The van der Waals surface area contributed by atoms with Gasteiger partial charge in [0.15, 0.2) is 11.5 Å². The summed E-state index contributed by atoms with van der Waals surface area (Å²) in [5.74, 6) is 3.16. The number of benzene rings is 1. The average Bonchev–Trinajstić information content (AvgIpc) is 3.29. The van der Waals surface area contributed by atoms with Crippen molar-refractivity contribution in [3.8, 4) is 11.5 Å². The van der Waals surface area contributed by atoms with Crippen molar-refractivity contribution in [2.45, 2.75) is 52.4 Å². The molecule has 0 unspecified atom stereocenters. The maximum Gasteiger partial charge on any atom is 0.269 e. The number of hydrogen-bond acceptors (Lipinski definition) is 4. The van der Waals surface area contributed by atoms with Gasteiger partial charge in [0.2, 0.25) is 5.91 Å². The lowest BCUT2D eigenvalue weighted by molar-refractivity contribution is -0.123. The number of fused-ring (bicyclic) bond motifs is 2. The molecule has 1 aromatic carbocycles. The maximum atomic E-state index is 12.4. The highest BCUT2D eigenvalue weighted by molar-refractivity contribution is 5.96. The van der Waals surface area contributed by atoms with Crippen LogP contribution < -0.4 is 20.3 Å². The minimum absolute atomic E-state index is 0.119. The van der Waals surface area contributed by atoms with E-state index in [-0.39, 0.29) is 11.8 Å². The van der Waals surface area contributed by atoms with Crippen LogP contribution in [0.4, 0.5) is 0 Å². The number of carbonyl (C=O) groups excluding carboxylic acids is 2. The first kappa shape index (κ1) is 20.5. The van der Waals surface area contributed by atoms with E-state index in [2.05, 4.69) is 24.7 Å². The molecule has 0 radical (unpaired) electrons. The van der Waals surface area contributed by atoms with E-state index in [4.69, 9.17) is 9.47 Å². The first-order valence-corrected chi connectivity index (χ1v) is 10.4. The van der Waals surface area contributed by atoms with Crippen LogP contribution in [0.5, 0.6) is 11.5 Å². The molecule has 0 saturated heterocycles. The van der Waals surface area contributed by atoms with Gasteiger partial charge < -0.3 is 9.47 Å². The van der Waals surface area contributed by atoms with E-state index in [9.17, 15) is 9.59 Å². The van der Waals surface area contributed by atoms with Gasteiger partial charge in [0.05, 0.1) is 13.7 Å². The quantitative estimate of drug-likeness (QED) is 0.666. The van der Waals surface area contributed by atoms with E-state index in [1.165, 1.54) is 19.3 Å². The standard InChI is InChI=1S/C22H32N2O4/c1-14(2)8-9-28-19-7-6-17(12-20(19)27-3)22(26)24-23-21(25)13-18-11-15-4-5-16(18)10-15/h6-7,12,14-16,18H,4-5,8-11,13H2,1-3H3,(H,23,25)(H,24,26)/t15-,16+,18-/m0/s1. The van der Waals surface area contributed by atoms with Crippen LogP contribution in [0.25, 0.3) is 0 Å². The Morgan fingerprint density at radius 3 is 2.61 bits per heavy atom. The van der Waals surface area contributed by atoms with E-state index in [0.717, 1.165) is 18.8 Å². The summed E-state index contributed by atoms with van der Waals surface area (Å²) in [4.78, 5) is 24.6. The fourth-order valence-electron chi connectivity index (χ4n) is 4.45. The minimum Gasteiger partial charge on any atom is -0.493 e. The molecule has 2 saturated carbocycles. The third-order valence-electron chi connectivity index (χ3n) is 6.03. The van der Waals surface area contributed by atoms with Crippen LogP contribution in [-0.2, 0) is 4.79 Å². The molecule has 6 nitrogen and oxygen atoms in total. The summed E-state index contributed by atoms with van der Waals surface area (Å²) in [7, 11) is 1.55. The number of methoxy groups -OCH3 is 1. The summed E-state index contributed by atoms with van der Waals surface area (Å²) >= 11 is 0. The topological polar surface area (TPSA) is 76.7 Å². The van der Waals surface area contributed by atoms with Crippen molar-refractivity contribution in [3.63, 3.8) is 0 Å². The SMILES string of the molecule is COc1cc(C(=O)NNC(=O)C[C@@H]2C[C@H]3CC[C@@H]2C3)ccc1OCCC(C)C. The number of rotatable bonds is 8. The van der Waals surface area contributed by atoms with Gasteiger partial charge in [-0.1, -0.05) is 20.3 Å². The Kier molecular flexibility index (Phi) is 6.81. The van der Waals surface area contributed by atoms with E-state index in [1.54, 1.807) is 25.3 Å². The molecule has 3 rings (SSSR count). The Morgan fingerprint density at radius 2 is 1.96 bits per heavy atom. The molecule has 154 valence electrons. The number of nitrogens with one attached hydrogen (secondary N) is 2. The van der Waals surface area contributed by atoms with Gasteiger partial charge in [-0.05, 0) is 67.6 Å². The zero-order chi connectivity index (χ0) is 20.1. The molecule has 0 heterocycles. The van der Waals surface area contributed by atoms with E-state index in [0.29, 0.717) is 47.8 Å². The number of amides is 2. The van der Waals surface area contributed by atoms with Gasteiger partial charge in [-0.25, -0.2) is 0 Å². The smallest absolute Gasteiger partial charge is 0.269 e. The van der Waals surface area contributed by atoms with Crippen LogP contribution in [0, 0.1) is 23.7 Å². The minimum atomic E-state index is -0.367. The van der Waals surface area contributed by atoms with Crippen LogP contribution in [0.15, 0.2) is 18.2 Å². The van der Waals surface area contributed by atoms with Gasteiger partial charge >= 0.3 is 0 Å². The molecule has 2 aliphatic carbocycles. The molecule has 6 heteroatoms. The monoisotopic (exact) mass is 388 g/mol. The van der Waals surface area contributed by atoms with Crippen molar-refractivity contribution in [2.24, 2.45) is 23.7 Å². The summed E-state index contributed by atoms with van der Waals surface area (Å²) in [5.41, 5.74) is 5.48. The van der Waals surface area contributed by atoms with Gasteiger partial charge in [-0.15, -0.1) is 0 Å². The van der Waals surface area contributed by atoms with Crippen LogP contribution in [-0.4, -0.2) is 25.5 Å². The summed E-state index contributed by atoms with van der Waals surface area (Å²) in [6, 6.07) is 5.03. The van der Waals surface area contributed by atoms with Gasteiger partial charge in [0.25, 0.3) is 5.91 Å². The van der Waals surface area contributed by atoms with Crippen molar-refractivity contribution in [1.82, 2.24) is 10.9 Å². The van der Waals surface area contributed by atoms with Crippen molar-refractivity contribution in [2.75, 3.05) is 13.7 Å². The van der Waals surface area contributed by atoms with Gasteiger partial charge in [-0.2, -0.15) is 0 Å². The fourth-order valence-corrected chi connectivity index (χ4v) is 4.45. The van der Waals surface area contributed by atoms with Crippen LogP contribution in [0.2, 0.25) is 0 Å². The largest absolute Gasteiger partial charge is 0.493 e. The highest BCUT2D eigenvalue weighted by Crippen LogP contribution is 2.49. The van der Waals surface area contributed by atoms with E-state index >= 15 is 0 Å². The second-order valence-corrected chi connectivity index (χ2v) is 8.54. The first-order chi connectivity index (χ1) is 13.5.